The summed E-state index contributed by atoms with van der Waals surface area (Å²) in [5, 5.41) is 4.55. The molecule has 8 aromatic carbocycles. The van der Waals surface area contributed by atoms with Gasteiger partial charge < -0.3 is 8.98 Å². The summed E-state index contributed by atoms with van der Waals surface area (Å²) >= 11 is 0. The van der Waals surface area contributed by atoms with Gasteiger partial charge in [0.25, 0.3) is 0 Å². The largest absolute Gasteiger partial charge is 0.456 e. The zero-order valence-corrected chi connectivity index (χ0v) is 37.5. The maximum Gasteiger partial charge on any atom is 0.164 e. The van der Waals surface area contributed by atoms with Crippen LogP contribution in [0.4, 0.5) is 0 Å². The Hall–Kier alpha value is -8.41. The van der Waals surface area contributed by atoms with E-state index in [1.807, 2.05) is 24.3 Å². The first kappa shape index (κ1) is 39.0. The van der Waals surface area contributed by atoms with Crippen LogP contribution in [0, 0.1) is 0 Å². The highest BCUT2D eigenvalue weighted by molar-refractivity contribution is 6.15. The second-order valence-electron chi connectivity index (χ2n) is 18.3. The molecule has 0 saturated heterocycles. The smallest absolute Gasteiger partial charge is 0.164 e. The van der Waals surface area contributed by atoms with Gasteiger partial charge in [-0.15, -0.1) is 0 Å². The molecule has 11 aromatic rings. The van der Waals surface area contributed by atoms with Crippen molar-refractivity contribution >= 4 is 49.3 Å². The van der Waals surface area contributed by atoms with Gasteiger partial charge in [-0.25, -0.2) is 15.0 Å². The first-order valence-corrected chi connectivity index (χ1v) is 23.0. The molecule has 67 heavy (non-hydrogen) atoms. The van der Waals surface area contributed by atoms with E-state index in [1.165, 1.54) is 44.2 Å². The average molecular weight is 861 g/mol. The van der Waals surface area contributed by atoms with E-state index in [0.717, 1.165) is 72.1 Å². The molecule has 0 amide bonds. The number of rotatable bonds is 7. The van der Waals surface area contributed by atoms with Crippen LogP contribution in [-0.4, -0.2) is 19.5 Å². The minimum absolute atomic E-state index is 0.181. The molecule has 0 fully saturated rings. The lowest BCUT2D eigenvalue weighted by molar-refractivity contribution is 0.660. The molecule has 3 aromatic heterocycles. The Labute approximate surface area is 388 Å². The highest BCUT2D eigenvalue weighted by Crippen LogP contribution is 2.55. The summed E-state index contributed by atoms with van der Waals surface area (Å²) in [6, 6.07) is 62.5. The van der Waals surface area contributed by atoms with E-state index in [2.05, 4.69) is 202 Å². The molecule has 1 unspecified atom stereocenters. The zero-order valence-electron chi connectivity index (χ0n) is 37.5. The number of fused-ring (bicyclic) bond motifs is 11. The monoisotopic (exact) mass is 860 g/mol. The van der Waals surface area contributed by atoms with Crippen molar-refractivity contribution in [1.29, 1.82) is 0 Å². The van der Waals surface area contributed by atoms with Crippen molar-refractivity contribution in [2.45, 2.75) is 32.1 Å². The minimum Gasteiger partial charge on any atom is -0.456 e. The van der Waals surface area contributed by atoms with Crippen LogP contribution in [0.25, 0.3) is 100 Å². The van der Waals surface area contributed by atoms with E-state index in [9.17, 15) is 0 Å². The van der Waals surface area contributed by atoms with Crippen LogP contribution < -0.4 is 0 Å². The molecule has 3 heterocycles. The second kappa shape index (κ2) is 14.8. The van der Waals surface area contributed by atoms with Gasteiger partial charge in [-0.1, -0.05) is 166 Å². The summed E-state index contributed by atoms with van der Waals surface area (Å²) < 4.78 is 9.27. The Kier molecular flexibility index (Phi) is 8.62. The van der Waals surface area contributed by atoms with Gasteiger partial charge in [0.15, 0.2) is 17.5 Å². The second-order valence-corrected chi connectivity index (χ2v) is 18.3. The van der Waals surface area contributed by atoms with E-state index in [4.69, 9.17) is 19.4 Å². The van der Waals surface area contributed by atoms with Crippen LogP contribution in [-0.2, 0) is 5.41 Å². The Morgan fingerprint density at radius 3 is 2.00 bits per heavy atom. The van der Waals surface area contributed by atoms with Crippen LogP contribution in [0.3, 0.4) is 0 Å². The molecule has 0 N–H and O–H groups in total. The summed E-state index contributed by atoms with van der Waals surface area (Å²) in [6.07, 6.45) is 6.44. The third kappa shape index (κ3) is 5.77. The van der Waals surface area contributed by atoms with Crippen molar-refractivity contribution in [3.05, 3.63) is 234 Å². The molecule has 0 aliphatic heterocycles. The topological polar surface area (TPSA) is 56.7 Å². The van der Waals surface area contributed by atoms with Crippen LogP contribution in [0.1, 0.15) is 54.5 Å². The Morgan fingerprint density at radius 1 is 0.552 bits per heavy atom. The van der Waals surface area contributed by atoms with Gasteiger partial charge in [-0.05, 0) is 106 Å². The van der Waals surface area contributed by atoms with Crippen LogP contribution >= 0.6 is 0 Å². The van der Waals surface area contributed by atoms with Gasteiger partial charge in [-0.3, -0.25) is 0 Å². The lowest BCUT2D eigenvalue weighted by atomic mass is 9.82. The van der Waals surface area contributed by atoms with Crippen molar-refractivity contribution in [1.82, 2.24) is 19.5 Å². The standard InChI is InChI=1S/C62H44N4O/c1-5-19-42-41(6-2)56(58-45(42)32-33-52-57(58)46-25-14-17-28-51(46)66(52)40-22-11-8-12-23-40)48-34-39(36-54-55(48)47-26-15-18-29-53(47)67-54)61-64-59(37-20-9-7-10-21-37)63-60(65-61)38-30-31-44-43-24-13-16-27-49(43)62(3,4)50(44)35-38/h5-36,56H,2H2,1,3-4H3/b19-5-. The SMILES string of the molecule is C=CC1=C(/C=C\C)c2ccc3c(c2C1c1cc(-c2nc(-c4ccccc4)nc(-c4ccc5c(c4)C(C)(C)c4ccccc4-5)n2)cc2oc4ccccc4c12)c1ccccc1n3-c1ccccc1. The van der Waals surface area contributed by atoms with E-state index in [-0.39, 0.29) is 11.3 Å². The molecule has 0 radical (unpaired) electrons. The fourth-order valence-corrected chi connectivity index (χ4v) is 11.3. The number of benzene rings is 8. The number of hydrogen-bond donors (Lipinski definition) is 0. The van der Waals surface area contributed by atoms with Crippen molar-refractivity contribution in [3.63, 3.8) is 0 Å². The summed E-state index contributed by atoms with van der Waals surface area (Å²) in [5.41, 5.74) is 18.6. The van der Waals surface area contributed by atoms with E-state index >= 15 is 0 Å². The molecule has 5 heteroatoms. The van der Waals surface area contributed by atoms with Gasteiger partial charge in [0.1, 0.15) is 11.2 Å². The molecule has 2 aliphatic rings. The lowest BCUT2D eigenvalue weighted by Crippen LogP contribution is -2.15. The number of aromatic nitrogens is 4. The van der Waals surface area contributed by atoms with Gasteiger partial charge in [0.05, 0.1) is 11.0 Å². The predicted molar refractivity (Wildman–Crippen MR) is 276 cm³/mol. The summed E-state index contributed by atoms with van der Waals surface area (Å²) in [4.78, 5) is 15.9. The average Bonchev–Trinajstić information content (AvgIpc) is 4.09. The van der Waals surface area contributed by atoms with Crippen molar-refractivity contribution in [2.24, 2.45) is 0 Å². The highest BCUT2D eigenvalue weighted by atomic mass is 16.3. The fourth-order valence-electron chi connectivity index (χ4n) is 11.3. The molecule has 2 aliphatic carbocycles. The molecule has 1 atom stereocenters. The van der Waals surface area contributed by atoms with Gasteiger partial charge in [0, 0.05) is 55.3 Å². The Bertz CT molecular complexity index is 3920. The van der Waals surface area contributed by atoms with Crippen molar-refractivity contribution in [3.8, 4) is 51.0 Å². The van der Waals surface area contributed by atoms with Gasteiger partial charge in [0.2, 0.25) is 0 Å². The normalized spacial score (nSPS) is 15.0. The fraction of sp³-hybridized carbons (Fsp3) is 0.0806. The first-order valence-electron chi connectivity index (χ1n) is 23.0. The minimum atomic E-state index is -0.212. The molecule has 0 spiro atoms. The Morgan fingerprint density at radius 2 is 1.21 bits per heavy atom. The molecular weight excluding hydrogens is 817 g/mol. The maximum absolute atomic E-state index is 6.87. The number of para-hydroxylation sites is 3. The molecular formula is C62H44N4O. The van der Waals surface area contributed by atoms with E-state index in [1.54, 1.807) is 0 Å². The van der Waals surface area contributed by atoms with Gasteiger partial charge >= 0.3 is 0 Å². The predicted octanol–water partition coefficient (Wildman–Crippen LogP) is 15.8. The van der Waals surface area contributed by atoms with Gasteiger partial charge in [-0.2, -0.15) is 0 Å². The summed E-state index contributed by atoms with van der Waals surface area (Å²) in [7, 11) is 0. The number of nitrogens with zero attached hydrogens (tertiary/aromatic N) is 4. The Balaban J connectivity index is 1.09. The third-order valence-corrected chi connectivity index (χ3v) is 14.2. The highest BCUT2D eigenvalue weighted by Gasteiger charge is 2.37. The zero-order chi connectivity index (χ0) is 45.0. The summed E-state index contributed by atoms with van der Waals surface area (Å²) in [6.45, 7) is 11.2. The molecule has 0 saturated carbocycles. The van der Waals surface area contributed by atoms with Crippen molar-refractivity contribution in [2.75, 3.05) is 0 Å². The molecule has 5 nitrogen and oxygen atoms in total. The van der Waals surface area contributed by atoms with Crippen molar-refractivity contribution < 1.29 is 4.42 Å². The molecule has 13 rings (SSSR count). The van der Waals surface area contributed by atoms with Crippen LogP contribution in [0.15, 0.2) is 211 Å². The quantitative estimate of drug-likeness (QED) is 0.160. The first-order chi connectivity index (χ1) is 32.9. The summed E-state index contributed by atoms with van der Waals surface area (Å²) in [5.74, 6) is 1.59. The van der Waals surface area contributed by atoms with Crippen LogP contribution in [0.2, 0.25) is 0 Å². The van der Waals surface area contributed by atoms with E-state index in [0.29, 0.717) is 17.5 Å². The number of hydrogen-bond acceptors (Lipinski definition) is 4. The van der Waals surface area contributed by atoms with Crippen LogP contribution in [0.5, 0.6) is 0 Å². The number of allylic oxidation sites excluding steroid dienone is 5. The number of furan rings is 1. The lowest BCUT2D eigenvalue weighted by Gasteiger charge is -2.22. The maximum atomic E-state index is 6.87. The molecule has 0 bridgehead atoms. The van der Waals surface area contributed by atoms with E-state index < -0.39 is 0 Å². The molecule has 318 valence electrons. The third-order valence-electron chi connectivity index (χ3n) is 14.2.